The van der Waals surface area contributed by atoms with Gasteiger partial charge in [-0.1, -0.05) is 12.1 Å². The molecule has 0 unspecified atom stereocenters. The second-order valence-corrected chi connectivity index (χ2v) is 5.82. The molecule has 0 aliphatic heterocycles. The van der Waals surface area contributed by atoms with Crippen LogP contribution in [0.3, 0.4) is 0 Å². The van der Waals surface area contributed by atoms with Gasteiger partial charge in [0, 0.05) is 12.1 Å². The molecular formula is C15H21FN2O3. The zero-order valence-electron chi connectivity index (χ0n) is 12.5. The highest BCUT2D eigenvalue weighted by Gasteiger charge is 2.25. The number of hydrogen-bond donors (Lipinski definition) is 2. The molecule has 0 radical (unpaired) electrons. The van der Waals surface area contributed by atoms with Crippen LogP contribution in [0.4, 0.5) is 4.39 Å². The molecule has 0 aliphatic rings. The standard InChI is InChI=1S/C15H21FN2O3/c1-15(2,3)18(10-14(20)21)9-13(19)17-8-11-4-6-12(16)7-5-11/h4-7H,8-10H2,1-3H3,(H,17,19)(H,20,21). The van der Waals surface area contributed by atoms with Crippen molar-refractivity contribution in [2.75, 3.05) is 13.1 Å². The molecule has 0 spiro atoms. The number of hydrogen-bond acceptors (Lipinski definition) is 3. The number of carbonyl (C=O) groups excluding carboxylic acids is 1. The molecule has 0 atom stereocenters. The molecule has 1 amide bonds. The number of carboxylic acids is 1. The number of rotatable bonds is 6. The lowest BCUT2D eigenvalue weighted by Gasteiger charge is -2.33. The molecule has 116 valence electrons. The maximum atomic E-state index is 12.8. The van der Waals surface area contributed by atoms with Crippen molar-refractivity contribution in [2.45, 2.75) is 32.9 Å². The molecule has 0 fully saturated rings. The quantitative estimate of drug-likeness (QED) is 0.837. The van der Waals surface area contributed by atoms with Crippen LogP contribution in [0.1, 0.15) is 26.3 Å². The van der Waals surface area contributed by atoms with E-state index in [9.17, 15) is 14.0 Å². The third-order valence-corrected chi connectivity index (χ3v) is 3.01. The van der Waals surface area contributed by atoms with E-state index in [0.717, 1.165) is 5.56 Å². The van der Waals surface area contributed by atoms with Crippen molar-refractivity contribution < 1.29 is 19.1 Å². The summed E-state index contributed by atoms with van der Waals surface area (Å²) in [5.41, 5.74) is 0.358. The van der Waals surface area contributed by atoms with Crippen LogP contribution in [0.5, 0.6) is 0 Å². The summed E-state index contributed by atoms with van der Waals surface area (Å²) in [6, 6.07) is 5.84. The van der Waals surface area contributed by atoms with Gasteiger partial charge in [-0.3, -0.25) is 14.5 Å². The lowest BCUT2D eigenvalue weighted by Crippen LogP contribution is -2.49. The molecule has 0 saturated carbocycles. The van der Waals surface area contributed by atoms with Crippen molar-refractivity contribution in [1.82, 2.24) is 10.2 Å². The van der Waals surface area contributed by atoms with Gasteiger partial charge in [-0.05, 0) is 38.5 Å². The Labute approximate surface area is 123 Å². The smallest absolute Gasteiger partial charge is 0.317 e. The largest absolute Gasteiger partial charge is 0.480 e. The highest BCUT2D eigenvalue weighted by Crippen LogP contribution is 2.12. The molecular weight excluding hydrogens is 275 g/mol. The summed E-state index contributed by atoms with van der Waals surface area (Å²) >= 11 is 0. The lowest BCUT2D eigenvalue weighted by atomic mass is 10.1. The normalized spacial score (nSPS) is 11.5. The number of nitrogens with one attached hydrogen (secondary N) is 1. The molecule has 0 saturated heterocycles. The molecule has 1 aromatic carbocycles. The Morgan fingerprint density at radius 3 is 2.24 bits per heavy atom. The van der Waals surface area contributed by atoms with E-state index >= 15 is 0 Å². The molecule has 0 bridgehead atoms. The molecule has 6 heteroatoms. The van der Waals surface area contributed by atoms with Crippen molar-refractivity contribution in [3.8, 4) is 0 Å². The van der Waals surface area contributed by atoms with Crippen molar-refractivity contribution >= 4 is 11.9 Å². The summed E-state index contributed by atoms with van der Waals surface area (Å²) in [5, 5.41) is 11.6. The fourth-order valence-corrected chi connectivity index (χ4v) is 1.73. The van der Waals surface area contributed by atoms with Gasteiger partial charge in [0.2, 0.25) is 5.91 Å². The van der Waals surface area contributed by atoms with Gasteiger partial charge in [0.1, 0.15) is 5.82 Å². The predicted octanol–water partition coefficient (Wildman–Crippen LogP) is 1.63. The Balaban J connectivity index is 2.54. The predicted molar refractivity (Wildman–Crippen MR) is 77.2 cm³/mol. The fourth-order valence-electron chi connectivity index (χ4n) is 1.73. The topological polar surface area (TPSA) is 69.6 Å². The first kappa shape index (κ1) is 17.1. The van der Waals surface area contributed by atoms with Gasteiger partial charge in [-0.2, -0.15) is 0 Å². The molecule has 0 aliphatic carbocycles. The molecule has 21 heavy (non-hydrogen) atoms. The van der Waals surface area contributed by atoms with E-state index in [4.69, 9.17) is 5.11 Å². The van der Waals surface area contributed by atoms with Gasteiger partial charge in [-0.15, -0.1) is 0 Å². The Morgan fingerprint density at radius 1 is 1.19 bits per heavy atom. The van der Waals surface area contributed by atoms with Crippen molar-refractivity contribution in [3.63, 3.8) is 0 Å². The van der Waals surface area contributed by atoms with Gasteiger partial charge in [-0.25, -0.2) is 4.39 Å². The summed E-state index contributed by atoms with van der Waals surface area (Å²) in [5.74, 6) is -1.57. The van der Waals surface area contributed by atoms with E-state index < -0.39 is 11.5 Å². The van der Waals surface area contributed by atoms with E-state index in [-0.39, 0.29) is 31.4 Å². The van der Waals surface area contributed by atoms with E-state index in [1.54, 1.807) is 17.0 Å². The maximum absolute atomic E-state index is 12.8. The second-order valence-electron chi connectivity index (χ2n) is 5.82. The van der Waals surface area contributed by atoms with E-state index in [0.29, 0.717) is 0 Å². The van der Waals surface area contributed by atoms with Gasteiger partial charge in [0.05, 0.1) is 13.1 Å². The maximum Gasteiger partial charge on any atom is 0.317 e. The second kappa shape index (κ2) is 7.17. The molecule has 2 N–H and O–H groups in total. The molecule has 0 heterocycles. The summed E-state index contributed by atoms with van der Waals surface area (Å²) in [6.45, 7) is 5.63. The van der Waals surface area contributed by atoms with Gasteiger partial charge < -0.3 is 10.4 Å². The molecule has 1 rings (SSSR count). The number of carbonyl (C=O) groups is 2. The molecule has 5 nitrogen and oxygen atoms in total. The number of aliphatic carboxylic acids is 1. The summed E-state index contributed by atoms with van der Waals surface area (Å²) in [7, 11) is 0. The monoisotopic (exact) mass is 296 g/mol. The zero-order valence-corrected chi connectivity index (χ0v) is 12.5. The zero-order chi connectivity index (χ0) is 16.0. The van der Waals surface area contributed by atoms with Crippen molar-refractivity contribution in [1.29, 1.82) is 0 Å². The van der Waals surface area contributed by atoms with Crippen LogP contribution in [-0.4, -0.2) is 40.5 Å². The summed E-state index contributed by atoms with van der Waals surface area (Å²) in [4.78, 5) is 24.3. The Hall–Kier alpha value is -1.95. The van der Waals surface area contributed by atoms with Crippen LogP contribution in [-0.2, 0) is 16.1 Å². The lowest BCUT2D eigenvalue weighted by molar-refractivity contribution is -0.140. The highest BCUT2D eigenvalue weighted by atomic mass is 19.1. The van der Waals surface area contributed by atoms with Gasteiger partial charge in [0.15, 0.2) is 0 Å². The van der Waals surface area contributed by atoms with Gasteiger partial charge in [0.25, 0.3) is 0 Å². The van der Waals surface area contributed by atoms with Crippen LogP contribution in [0.25, 0.3) is 0 Å². The summed E-state index contributed by atoms with van der Waals surface area (Å²) in [6.07, 6.45) is 0. The average molecular weight is 296 g/mol. The minimum Gasteiger partial charge on any atom is -0.480 e. The van der Waals surface area contributed by atoms with Crippen LogP contribution in [0.15, 0.2) is 24.3 Å². The van der Waals surface area contributed by atoms with Crippen molar-refractivity contribution in [3.05, 3.63) is 35.6 Å². The summed E-state index contributed by atoms with van der Waals surface area (Å²) < 4.78 is 12.8. The van der Waals surface area contributed by atoms with E-state index in [1.807, 2.05) is 20.8 Å². The fraction of sp³-hybridized carbons (Fsp3) is 0.467. The third-order valence-electron chi connectivity index (χ3n) is 3.01. The van der Waals surface area contributed by atoms with Gasteiger partial charge >= 0.3 is 5.97 Å². The van der Waals surface area contributed by atoms with Crippen LogP contribution < -0.4 is 5.32 Å². The minimum absolute atomic E-state index is 0.00298. The number of benzene rings is 1. The van der Waals surface area contributed by atoms with E-state index in [2.05, 4.69) is 5.32 Å². The molecule has 0 aromatic heterocycles. The molecule has 1 aromatic rings. The first-order valence-corrected chi connectivity index (χ1v) is 6.66. The van der Waals surface area contributed by atoms with Crippen LogP contribution in [0.2, 0.25) is 0 Å². The average Bonchev–Trinajstić information content (AvgIpc) is 2.36. The van der Waals surface area contributed by atoms with E-state index in [1.165, 1.54) is 12.1 Å². The SMILES string of the molecule is CC(C)(C)N(CC(=O)O)CC(=O)NCc1ccc(F)cc1. The first-order chi connectivity index (χ1) is 9.68. The number of amides is 1. The highest BCUT2D eigenvalue weighted by molar-refractivity contribution is 5.79. The number of carboxylic acid groups (broad SMARTS) is 1. The van der Waals surface area contributed by atoms with Crippen LogP contribution >= 0.6 is 0 Å². The first-order valence-electron chi connectivity index (χ1n) is 6.66. The Kier molecular flexibility index (Phi) is 5.84. The Morgan fingerprint density at radius 2 is 1.76 bits per heavy atom. The van der Waals surface area contributed by atoms with Crippen LogP contribution in [0, 0.1) is 5.82 Å². The third kappa shape index (κ3) is 6.35. The number of halogens is 1. The van der Waals surface area contributed by atoms with Crippen molar-refractivity contribution in [2.24, 2.45) is 0 Å². The minimum atomic E-state index is -0.976. The number of nitrogens with zero attached hydrogens (tertiary/aromatic N) is 1. The Bertz CT molecular complexity index is 495.